The van der Waals surface area contributed by atoms with Crippen LogP contribution in [-0.2, 0) is 11.2 Å². The Hall–Kier alpha value is -2.74. The van der Waals surface area contributed by atoms with Gasteiger partial charge in [0, 0.05) is 24.0 Å². The zero-order valence-corrected chi connectivity index (χ0v) is 15.3. The van der Waals surface area contributed by atoms with Crippen molar-refractivity contribution in [2.24, 2.45) is 0 Å². The third kappa shape index (κ3) is 3.44. The van der Waals surface area contributed by atoms with E-state index in [1.165, 1.54) is 16.7 Å². The number of amides is 1. The molecule has 1 aliphatic rings. The van der Waals surface area contributed by atoms with Crippen molar-refractivity contribution in [3.05, 3.63) is 67.2 Å². The van der Waals surface area contributed by atoms with E-state index in [-0.39, 0.29) is 17.3 Å². The third-order valence-corrected chi connectivity index (χ3v) is 5.86. The van der Waals surface area contributed by atoms with Crippen LogP contribution in [0.4, 0.5) is 4.39 Å². The van der Waals surface area contributed by atoms with E-state index in [2.05, 4.69) is 4.98 Å². The number of carbonyl (C=O) groups excluding carboxylic acids is 1. The van der Waals surface area contributed by atoms with Crippen LogP contribution in [0.5, 0.6) is 0 Å². The number of fused-ring (bicyclic) bond motifs is 1. The smallest absolute Gasteiger partial charge is 0.329 e. The normalized spacial score (nSPS) is 15.4. The zero-order valence-electron chi connectivity index (χ0n) is 14.5. The van der Waals surface area contributed by atoms with Gasteiger partial charge < -0.3 is 9.88 Å². The quantitative estimate of drug-likeness (QED) is 0.749. The lowest BCUT2D eigenvalue weighted by atomic mass is 10.0. The second kappa shape index (κ2) is 7.11. The Morgan fingerprint density at radius 1 is 1.22 bits per heavy atom. The molecule has 1 aliphatic heterocycles. The molecule has 1 N–H and O–H groups in total. The van der Waals surface area contributed by atoms with Crippen molar-refractivity contribution in [3.8, 4) is 0 Å². The van der Waals surface area contributed by atoms with Gasteiger partial charge in [0.1, 0.15) is 5.82 Å². The summed E-state index contributed by atoms with van der Waals surface area (Å²) in [6, 6.07) is 7.29. The maximum atomic E-state index is 13.5. The topological polar surface area (TPSA) is 75.2 Å². The Morgan fingerprint density at radius 2 is 2.00 bits per heavy atom. The minimum absolute atomic E-state index is 0.0535. The van der Waals surface area contributed by atoms with Crippen molar-refractivity contribution in [3.63, 3.8) is 0 Å². The van der Waals surface area contributed by atoms with Gasteiger partial charge >= 0.3 is 5.69 Å². The van der Waals surface area contributed by atoms with Gasteiger partial charge in [-0.05, 0) is 42.5 Å². The van der Waals surface area contributed by atoms with Crippen molar-refractivity contribution in [1.29, 1.82) is 0 Å². The Balaban J connectivity index is 1.53. The fourth-order valence-corrected chi connectivity index (χ4v) is 4.27. The largest absolute Gasteiger partial charge is 0.342 e. The molecule has 0 bridgehead atoms. The van der Waals surface area contributed by atoms with Crippen molar-refractivity contribution in [1.82, 2.24) is 14.5 Å². The number of H-pyrrole nitrogens is 1. The molecular weight excluding hydrogens is 369 g/mol. The number of rotatable bonds is 3. The number of nitrogens with one attached hydrogen (secondary N) is 1. The summed E-state index contributed by atoms with van der Waals surface area (Å²) in [4.78, 5) is 43.0. The van der Waals surface area contributed by atoms with Gasteiger partial charge in [-0.25, -0.2) is 9.18 Å². The van der Waals surface area contributed by atoms with E-state index in [4.69, 9.17) is 0 Å². The third-order valence-electron chi connectivity index (χ3n) is 4.98. The highest BCUT2D eigenvalue weighted by Crippen LogP contribution is 2.22. The first-order valence-corrected chi connectivity index (χ1v) is 9.65. The number of carbonyl (C=O) groups is 1. The minimum atomic E-state index is -0.521. The molecule has 1 amide bonds. The molecule has 0 aliphatic carbocycles. The highest BCUT2D eigenvalue weighted by Gasteiger charge is 2.26. The maximum absolute atomic E-state index is 13.5. The van der Waals surface area contributed by atoms with E-state index >= 15 is 0 Å². The number of hydrogen-bond acceptors (Lipinski definition) is 4. The number of aromatic nitrogens is 2. The number of aromatic amines is 1. The summed E-state index contributed by atoms with van der Waals surface area (Å²) in [5.41, 5.74) is -0.662. The predicted octanol–water partition coefficient (Wildman–Crippen LogP) is 2.30. The molecule has 1 saturated heterocycles. The SMILES string of the molecule is O=C(Cc1cccs1)N1CCC(n2c(=O)[nH]c3ccc(F)cc3c2=O)CC1. The second-order valence-electron chi connectivity index (χ2n) is 6.66. The van der Waals surface area contributed by atoms with Crippen LogP contribution in [0.1, 0.15) is 23.8 Å². The lowest BCUT2D eigenvalue weighted by Crippen LogP contribution is -2.45. The standard InChI is InChI=1S/C19H18FN3O3S/c20-12-3-4-16-15(10-12)18(25)23(19(26)21-16)13-5-7-22(8-6-13)17(24)11-14-2-1-9-27-14/h1-4,9-10,13H,5-8,11H2,(H,21,26). The van der Waals surface area contributed by atoms with Gasteiger partial charge in [0.05, 0.1) is 17.3 Å². The molecule has 0 radical (unpaired) electrons. The molecule has 1 aromatic carbocycles. The Labute approximate surface area is 157 Å². The predicted molar refractivity (Wildman–Crippen MR) is 102 cm³/mol. The average molecular weight is 387 g/mol. The van der Waals surface area contributed by atoms with E-state index in [0.717, 1.165) is 10.9 Å². The second-order valence-corrected chi connectivity index (χ2v) is 7.70. The van der Waals surface area contributed by atoms with Gasteiger partial charge in [-0.2, -0.15) is 0 Å². The molecule has 2 aromatic heterocycles. The van der Waals surface area contributed by atoms with Crippen LogP contribution < -0.4 is 11.2 Å². The van der Waals surface area contributed by atoms with Crippen molar-refractivity contribution < 1.29 is 9.18 Å². The van der Waals surface area contributed by atoms with Crippen LogP contribution in [0.15, 0.2) is 45.3 Å². The maximum Gasteiger partial charge on any atom is 0.329 e. The Bertz CT molecular complexity index is 1100. The monoisotopic (exact) mass is 387 g/mol. The summed E-state index contributed by atoms with van der Waals surface area (Å²) >= 11 is 1.55. The number of nitrogens with zero attached hydrogens (tertiary/aromatic N) is 2. The first-order chi connectivity index (χ1) is 13.0. The number of thiophene rings is 1. The van der Waals surface area contributed by atoms with E-state index in [0.29, 0.717) is 37.9 Å². The molecule has 8 heteroatoms. The summed E-state index contributed by atoms with van der Waals surface area (Å²) in [6.07, 6.45) is 1.40. The molecule has 4 rings (SSSR count). The van der Waals surface area contributed by atoms with Gasteiger partial charge in [0.15, 0.2) is 0 Å². The number of benzene rings is 1. The van der Waals surface area contributed by atoms with E-state index in [1.807, 2.05) is 17.5 Å². The first kappa shape index (κ1) is 17.7. The van der Waals surface area contributed by atoms with Crippen LogP contribution in [0, 0.1) is 5.82 Å². The van der Waals surface area contributed by atoms with Gasteiger partial charge in [-0.1, -0.05) is 6.07 Å². The summed E-state index contributed by atoms with van der Waals surface area (Å²) in [7, 11) is 0. The fraction of sp³-hybridized carbons (Fsp3) is 0.316. The Kier molecular flexibility index (Phi) is 4.65. The molecule has 3 aromatic rings. The average Bonchev–Trinajstić information content (AvgIpc) is 3.16. The van der Waals surface area contributed by atoms with Gasteiger partial charge in [-0.3, -0.25) is 14.2 Å². The minimum Gasteiger partial charge on any atom is -0.342 e. The Morgan fingerprint density at radius 3 is 2.70 bits per heavy atom. The number of piperidine rings is 1. The molecule has 27 heavy (non-hydrogen) atoms. The highest BCUT2D eigenvalue weighted by molar-refractivity contribution is 7.10. The number of halogens is 1. The van der Waals surface area contributed by atoms with Crippen LogP contribution in [0.25, 0.3) is 10.9 Å². The molecule has 1 fully saturated rings. The molecule has 140 valence electrons. The first-order valence-electron chi connectivity index (χ1n) is 8.77. The van der Waals surface area contributed by atoms with Crippen molar-refractivity contribution in [2.45, 2.75) is 25.3 Å². The summed E-state index contributed by atoms with van der Waals surface area (Å²) in [6.45, 7) is 0.976. The lowest BCUT2D eigenvalue weighted by Gasteiger charge is -2.32. The highest BCUT2D eigenvalue weighted by atomic mass is 32.1. The van der Waals surface area contributed by atoms with E-state index < -0.39 is 17.1 Å². The molecule has 0 spiro atoms. The summed E-state index contributed by atoms with van der Waals surface area (Å²) in [5, 5.41) is 2.10. The van der Waals surface area contributed by atoms with Crippen LogP contribution in [0.2, 0.25) is 0 Å². The molecule has 0 unspecified atom stereocenters. The summed E-state index contributed by atoms with van der Waals surface area (Å²) in [5.74, 6) is -0.468. The van der Waals surface area contributed by atoms with Gasteiger partial charge in [0.2, 0.25) is 5.91 Å². The molecule has 3 heterocycles. The van der Waals surface area contributed by atoms with Crippen molar-refractivity contribution in [2.75, 3.05) is 13.1 Å². The lowest BCUT2D eigenvalue weighted by molar-refractivity contribution is -0.131. The van der Waals surface area contributed by atoms with E-state index in [1.54, 1.807) is 16.2 Å². The van der Waals surface area contributed by atoms with Gasteiger partial charge in [-0.15, -0.1) is 11.3 Å². The van der Waals surface area contributed by atoms with Crippen LogP contribution in [-0.4, -0.2) is 33.4 Å². The molecule has 0 atom stereocenters. The zero-order chi connectivity index (χ0) is 19.0. The molecular formula is C19H18FN3O3S. The van der Waals surface area contributed by atoms with E-state index in [9.17, 15) is 18.8 Å². The number of likely N-dealkylation sites (tertiary alicyclic amines) is 1. The number of hydrogen-bond donors (Lipinski definition) is 1. The van der Waals surface area contributed by atoms with Crippen molar-refractivity contribution >= 4 is 28.1 Å². The fourth-order valence-electron chi connectivity index (χ4n) is 3.58. The molecule has 6 nitrogen and oxygen atoms in total. The van der Waals surface area contributed by atoms with Crippen LogP contribution >= 0.6 is 11.3 Å². The van der Waals surface area contributed by atoms with Gasteiger partial charge in [0.25, 0.3) is 5.56 Å². The molecule has 0 saturated carbocycles. The van der Waals surface area contributed by atoms with Crippen LogP contribution in [0.3, 0.4) is 0 Å². The summed E-state index contributed by atoms with van der Waals surface area (Å²) < 4.78 is 14.7.